The van der Waals surface area contributed by atoms with E-state index in [0.29, 0.717) is 0 Å². The molecule has 1 nitrogen and oxygen atoms in total. The molecule has 0 aliphatic heterocycles. The molecule has 78 valence electrons. The van der Waals surface area contributed by atoms with Crippen LogP contribution < -0.4 is 5.73 Å². The van der Waals surface area contributed by atoms with Crippen molar-refractivity contribution in [1.29, 1.82) is 0 Å². The fourth-order valence-electron chi connectivity index (χ4n) is 1.04. The van der Waals surface area contributed by atoms with Crippen LogP contribution in [0.2, 0.25) is 5.02 Å². The molecule has 0 saturated heterocycles. The Hall–Kier alpha value is -0.340. The Morgan fingerprint density at radius 1 is 1.43 bits per heavy atom. The van der Waals surface area contributed by atoms with Crippen molar-refractivity contribution in [2.75, 3.05) is 11.5 Å². The highest BCUT2D eigenvalue weighted by Crippen LogP contribution is 2.29. The summed E-state index contributed by atoms with van der Waals surface area (Å²) < 4.78 is 0. The lowest BCUT2D eigenvalue weighted by atomic mass is 10.2. The van der Waals surface area contributed by atoms with Crippen LogP contribution in [0.3, 0.4) is 0 Å². The van der Waals surface area contributed by atoms with Crippen molar-refractivity contribution >= 4 is 29.1 Å². The molecule has 0 fully saturated rings. The van der Waals surface area contributed by atoms with E-state index in [1.165, 1.54) is 6.42 Å². The summed E-state index contributed by atoms with van der Waals surface area (Å²) in [6, 6.07) is 5.69. The number of nitrogens with two attached hydrogens (primary N) is 1. The minimum atomic E-state index is 0.725. The van der Waals surface area contributed by atoms with Crippen LogP contribution in [-0.4, -0.2) is 5.75 Å². The molecule has 0 aliphatic carbocycles. The van der Waals surface area contributed by atoms with E-state index >= 15 is 0 Å². The molecule has 0 atom stereocenters. The van der Waals surface area contributed by atoms with Crippen LogP contribution in [-0.2, 0) is 0 Å². The minimum Gasteiger partial charge on any atom is -0.399 e. The molecule has 2 N–H and O–H groups in total. The van der Waals surface area contributed by atoms with Gasteiger partial charge in [0.1, 0.15) is 0 Å². The van der Waals surface area contributed by atoms with Crippen LogP contribution in [0.1, 0.15) is 20.3 Å². The first-order valence-electron chi connectivity index (χ1n) is 4.77. The van der Waals surface area contributed by atoms with Gasteiger partial charge in [0, 0.05) is 10.6 Å². The number of halogens is 1. The number of benzene rings is 1. The van der Waals surface area contributed by atoms with Gasteiger partial charge >= 0.3 is 0 Å². The lowest BCUT2D eigenvalue weighted by molar-refractivity contribution is 0.632. The Bertz CT molecular complexity index is 299. The van der Waals surface area contributed by atoms with Gasteiger partial charge in [0.05, 0.1) is 5.02 Å². The molecule has 0 aliphatic rings. The second-order valence-electron chi connectivity index (χ2n) is 3.72. The van der Waals surface area contributed by atoms with Crippen LogP contribution in [0.5, 0.6) is 0 Å². The summed E-state index contributed by atoms with van der Waals surface area (Å²) in [5.74, 6) is 1.86. The fraction of sp³-hybridized carbons (Fsp3) is 0.455. The second-order valence-corrected chi connectivity index (χ2v) is 5.26. The maximum atomic E-state index is 6.04. The molecule has 3 heteroatoms. The number of anilines is 1. The third-order valence-corrected chi connectivity index (χ3v) is 3.44. The topological polar surface area (TPSA) is 26.0 Å². The number of thioether (sulfide) groups is 1. The summed E-state index contributed by atoms with van der Waals surface area (Å²) in [7, 11) is 0. The largest absolute Gasteiger partial charge is 0.399 e. The molecule has 0 amide bonds. The van der Waals surface area contributed by atoms with Crippen molar-refractivity contribution in [3.63, 3.8) is 0 Å². The van der Waals surface area contributed by atoms with Crippen molar-refractivity contribution in [3.05, 3.63) is 23.2 Å². The summed E-state index contributed by atoms with van der Waals surface area (Å²) in [4.78, 5) is 1.13. The van der Waals surface area contributed by atoms with E-state index in [0.717, 1.165) is 27.3 Å². The number of hydrogen-bond acceptors (Lipinski definition) is 2. The molecule has 1 aromatic rings. The van der Waals surface area contributed by atoms with E-state index < -0.39 is 0 Å². The molecule has 0 spiro atoms. The van der Waals surface area contributed by atoms with E-state index in [1.54, 1.807) is 17.8 Å². The highest BCUT2D eigenvalue weighted by molar-refractivity contribution is 7.99. The fourth-order valence-corrected chi connectivity index (χ4v) is 2.56. The Morgan fingerprint density at radius 3 is 2.71 bits per heavy atom. The Kier molecular flexibility index (Phi) is 4.63. The van der Waals surface area contributed by atoms with Crippen LogP contribution in [0.4, 0.5) is 5.69 Å². The monoisotopic (exact) mass is 229 g/mol. The van der Waals surface area contributed by atoms with Crippen LogP contribution in [0.15, 0.2) is 23.1 Å². The van der Waals surface area contributed by atoms with E-state index in [1.807, 2.05) is 12.1 Å². The van der Waals surface area contributed by atoms with Crippen molar-refractivity contribution in [2.24, 2.45) is 5.92 Å². The SMILES string of the molecule is CC(C)CCSc1ccc(N)cc1Cl. The van der Waals surface area contributed by atoms with Gasteiger partial charge in [-0.05, 0) is 36.3 Å². The first kappa shape index (κ1) is 11.7. The standard InChI is InChI=1S/C11H16ClNS/c1-8(2)5-6-14-11-4-3-9(13)7-10(11)12/h3-4,7-8H,5-6,13H2,1-2H3. The molecule has 0 saturated carbocycles. The van der Waals surface area contributed by atoms with Crippen molar-refractivity contribution in [1.82, 2.24) is 0 Å². The first-order chi connectivity index (χ1) is 6.59. The zero-order chi connectivity index (χ0) is 10.6. The van der Waals surface area contributed by atoms with E-state index in [2.05, 4.69) is 13.8 Å². The molecular weight excluding hydrogens is 214 g/mol. The van der Waals surface area contributed by atoms with Gasteiger partial charge in [0.15, 0.2) is 0 Å². The molecule has 1 aromatic carbocycles. The lowest BCUT2D eigenvalue weighted by Crippen LogP contribution is -1.90. The molecule has 0 unspecified atom stereocenters. The third-order valence-electron chi connectivity index (χ3n) is 1.91. The Morgan fingerprint density at radius 2 is 2.14 bits per heavy atom. The van der Waals surface area contributed by atoms with Crippen molar-refractivity contribution < 1.29 is 0 Å². The smallest absolute Gasteiger partial charge is 0.0562 e. The Balaban J connectivity index is 2.51. The van der Waals surface area contributed by atoms with Crippen molar-refractivity contribution in [2.45, 2.75) is 25.2 Å². The van der Waals surface area contributed by atoms with Crippen LogP contribution in [0.25, 0.3) is 0 Å². The number of nitrogen functional groups attached to an aromatic ring is 1. The maximum Gasteiger partial charge on any atom is 0.0562 e. The van der Waals surface area contributed by atoms with Gasteiger partial charge in [0.2, 0.25) is 0 Å². The summed E-state index contributed by atoms with van der Waals surface area (Å²) >= 11 is 7.84. The average molecular weight is 230 g/mol. The van der Waals surface area contributed by atoms with Crippen LogP contribution in [0, 0.1) is 5.92 Å². The normalized spacial score (nSPS) is 10.9. The van der Waals surface area contributed by atoms with Crippen molar-refractivity contribution in [3.8, 4) is 0 Å². The summed E-state index contributed by atoms with van der Waals surface area (Å²) in [5, 5.41) is 0.763. The summed E-state index contributed by atoms with van der Waals surface area (Å²) in [5.41, 5.74) is 6.34. The minimum absolute atomic E-state index is 0.725. The number of hydrogen-bond donors (Lipinski definition) is 1. The van der Waals surface area contributed by atoms with E-state index in [4.69, 9.17) is 17.3 Å². The lowest BCUT2D eigenvalue weighted by Gasteiger charge is -2.06. The van der Waals surface area contributed by atoms with Gasteiger partial charge in [-0.15, -0.1) is 11.8 Å². The predicted molar refractivity (Wildman–Crippen MR) is 66.0 cm³/mol. The average Bonchev–Trinajstić information content (AvgIpc) is 2.08. The third kappa shape index (κ3) is 3.81. The zero-order valence-electron chi connectivity index (χ0n) is 8.59. The molecule has 0 aromatic heterocycles. The predicted octanol–water partition coefficient (Wildman–Crippen LogP) is 4.06. The molecule has 1 rings (SSSR count). The molecule has 14 heavy (non-hydrogen) atoms. The first-order valence-corrected chi connectivity index (χ1v) is 6.14. The molecule has 0 bridgehead atoms. The van der Waals surface area contributed by atoms with Gasteiger partial charge in [-0.3, -0.25) is 0 Å². The summed E-state index contributed by atoms with van der Waals surface area (Å²) in [6.07, 6.45) is 1.21. The Labute approximate surface area is 95.0 Å². The second kappa shape index (κ2) is 5.52. The maximum absolute atomic E-state index is 6.04. The van der Waals surface area contributed by atoms with Gasteiger partial charge in [-0.2, -0.15) is 0 Å². The van der Waals surface area contributed by atoms with Gasteiger partial charge in [-0.25, -0.2) is 0 Å². The van der Waals surface area contributed by atoms with Crippen LogP contribution >= 0.6 is 23.4 Å². The van der Waals surface area contributed by atoms with Gasteiger partial charge < -0.3 is 5.73 Å². The highest BCUT2D eigenvalue weighted by Gasteiger charge is 2.02. The molecule has 0 radical (unpaired) electrons. The van der Waals surface area contributed by atoms with E-state index in [-0.39, 0.29) is 0 Å². The van der Waals surface area contributed by atoms with Gasteiger partial charge in [0.25, 0.3) is 0 Å². The van der Waals surface area contributed by atoms with Gasteiger partial charge in [-0.1, -0.05) is 25.4 Å². The quantitative estimate of drug-likeness (QED) is 0.623. The number of rotatable bonds is 4. The zero-order valence-corrected chi connectivity index (χ0v) is 10.2. The highest BCUT2D eigenvalue weighted by atomic mass is 35.5. The molecular formula is C11H16ClNS. The summed E-state index contributed by atoms with van der Waals surface area (Å²) in [6.45, 7) is 4.45. The van der Waals surface area contributed by atoms with E-state index in [9.17, 15) is 0 Å². The molecule has 0 heterocycles.